The van der Waals surface area contributed by atoms with Crippen molar-refractivity contribution >= 4 is 10.0 Å². The molecule has 0 radical (unpaired) electrons. The zero-order chi connectivity index (χ0) is 20.8. The van der Waals surface area contributed by atoms with Crippen LogP contribution in [0, 0.1) is 13.8 Å². The van der Waals surface area contributed by atoms with Crippen LogP contribution in [0.5, 0.6) is 5.75 Å². The Balaban J connectivity index is 1.62. The summed E-state index contributed by atoms with van der Waals surface area (Å²) in [4.78, 5) is 0.245. The number of methoxy groups -OCH3 is 1. The van der Waals surface area contributed by atoms with Crippen molar-refractivity contribution in [1.82, 2.24) is 19.5 Å². The van der Waals surface area contributed by atoms with Gasteiger partial charge in [0.1, 0.15) is 16.3 Å². The van der Waals surface area contributed by atoms with E-state index in [0.717, 1.165) is 24.2 Å². The average molecular weight is 417 g/mol. The summed E-state index contributed by atoms with van der Waals surface area (Å²) in [6.07, 6.45) is 2.11. The van der Waals surface area contributed by atoms with E-state index in [1.165, 1.54) is 0 Å². The summed E-state index contributed by atoms with van der Waals surface area (Å²) in [6, 6.07) is 7.26. The Kier molecular flexibility index (Phi) is 4.95. The van der Waals surface area contributed by atoms with Gasteiger partial charge in [0.05, 0.1) is 7.11 Å². The van der Waals surface area contributed by atoms with Crippen LogP contribution in [-0.4, -0.2) is 30.3 Å². The van der Waals surface area contributed by atoms with Crippen molar-refractivity contribution in [2.75, 3.05) is 7.11 Å². The van der Waals surface area contributed by atoms with Gasteiger partial charge in [0.25, 0.3) is 5.89 Å². The molecular formula is C20H24N4O4S. The largest absolute Gasteiger partial charge is 0.497 e. The van der Waals surface area contributed by atoms with Crippen LogP contribution in [0.1, 0.15) is 41.5 Å². The summed E-state index contributed by atoms with van der Waals surface area (Å²) in [5, 5.41) is 8.27. The lowest BCUT2D eigenvalue weighted by atomic mass is 10.2. The number of hydrogen-bond acceptors (Lipinski definition) is 6. The van der Waals surface area contributed by atoms with E-state index in [1.54, 1.807) is 44.7 Å². The molecule has 0 bridgehead atoms. The minimum Gasteiger partial charge on any atom is -0.497 e. The van der Waals surface area contributed by atoms with Crippen molar-refractivity contribution in [3.05, 3.63) is 47.0 Å². The first-order valence-corrected chi connectivity index (χ1v) is 10.9. The maximum Gasteiger partial charge on any atom is 0.264 e. The number of benzene rings is 1. The lowest BCUT2D eigenvalue weighted by molar-refractivity contribution is 0.414. The van der Waals surface area contributed by atoms with Gasteiger partial charge in [-0.05, 0) is 44.4 Å². The van der Waals surface area contributed by atoms with E-state index in [-0.39, 0.29) is 11.4 Å². The second-order valence-electron chi connectivity index (χ2n) is 7.34. The summed E-state index contributed by atoms with van der Waals surface area (Å²) < 4.78 is 41.6. The first kappa shape index (κ1) is 19.7. The van der Waals surface area contributed by atoms with Crippen LogP contribution < -0.4 is 9.46 Å². The molecule has 0 spiro atoms. The van der Waals surface area contributed by atoms with Gasteiger partial charge in [-0.1, -0.05) is 12.1 Å². The Morgan fingerprint density at radius 2 is 1.90 bits per heavy atom. The predicted molar refractivity (Wildman–Crippen MR) is 107 cm³/mol. The zero-order valence-electron chi connectivity index (χ0n) is 16.9. The number of aromatic nitrogens is 3. The number of rotatable bonds is 7. The van der Waals surface area contributed by atoms with Crippen LogP contribution in [0.2, 0.25) is 0 Å². The van der Waals surface area contributed by atoms with Gasteiger partial charge in [0.2, 0.25) is 15.9 Å². The Morgan fingerprint density at radius 1 is 1.21 bits per heavy atom. The smallest absolute Gasteiger partial charge is 0.264 e. The lowest BCUT2D eigenvalue weighted by Gasteiger charge is -2.09. The van der Waals surface area contributed by atoms with Crippen molar-refractivity contribution in [3.63, 3.8) is 0 Å². The molecular weight excluding hydrogens is 392 g/mol. The van der Waals surface area contributed by atoms with Crippen LogP contribution in [-0.2, 0) is 23.6 Å². The number of ether oxygens (including phenoxy) is 1. The fourth-order valence-electron chi connectivity index (χ4n) is 3.47. The number of sulfonamides is 1. The summed E-state index contributed by atoms with van der Waals surface area (Å²) in [6.45, 7) is 3.73. The molecule has 1 aliphatic rings. The Hall–Kier alpha value is -2.65. The monoisotopic (exact) mass is 416 g/mol. The van der Waals surface area contributed by atoms with Crippen molar-refractivity contribution in [2.45, 2.75) is 44.0 Å². The second-order valence-corrected chi connectivity index (χ2v) is 9.04. The Morgan fingerprint density at radius 3 is 2.52 bits per heavy atom. The first-order valence-electron chi connectivity index (χ1n) is 9.44. The third kappa shape index (κ3) is 3.67. The van der Waals surface area contributed by atoms with Gasteiger partial charge in [0.15, 0.2) is 0 Å². The fourth-order valence-corrected chi connectivity index (χ4v) is 5.00. The lowest BCUT2D eigenvalue weighted by Crippen LogP contribution is -2.24. The molecule has 4 rings (SSSR count). The fraction of sp³-hybridized carbons (Fsp3) is 0.400. The summed E-state index contributed by atoms with van der Waals surface area (Å²) in [7, 11) is -0.337. The van der Waals surface area contributed by atoms with Crippen LogP contribution in [0.25, 0.3) is 11.6 Å². The molecule has 3 aromatic rings. The van der Waals surface area contributed by atoms with Gasteiger partial charge in [-0.2, -0.15) is 0 Å². The van der Waals surface area contributed by atoms with E-state index in [4.69, 9.17) is 9.15 Å². The molecule has 0 saturated heterocycles. The quantitative estimate of drug-likeness (QED) is 0.635. The molecule has 2 heterocycles. The minimum absolute atomic E-state index is 0.182. The molecule has 9 heteroatoms. The molecule has 154 valence electrons. The normalized spacial score (nSPS) is 14.3. The highest BCUT2D eigenvalue weighted by Crippen LogP contribution is 2.41. The van der Waals surface area contributed by atoms with E-state index >= 15 is 0 Å². The average Bonchev–Trinajstić information content (AvgIpc) is 3.39. The number of hydrogen-bond donors (Lipinski definition) is 1. The van der Waals surface area contributed by atoms with Gasteiger partial charge in [-0.25, -0.2) is 13.1 Å². The van der Waals surface area contributed by atoms with Crippen molar-refractivity contribution in [1.29, 1.82) is 0 Å². The van der Waals surface area contributed by atoms with Crippen LogP contribution in [0.3, 0.4) is 0 Å². The highest BCUT2D eigenvalue weighted by Gasteiger charge is 2.32. The van der Waals surface area contributed by atoms with Gasteiger partial charge in [-0.15, -0.1) is 10.2 Å². The van der Waals surface area contributed by atoms with E-state index in [2.05, 4.69) is 14.9 Å². The molecule has 0 aliphatic heterocycles. The standard InChI is InChI=1S/C20H24N4O4S/c1-12-17(20-23-22-19(28-20)15-7-8-15)24(3)13(2)18(12)29(25,26)21-11-14-5-9-16(27-4)10-6-14/h5-6,9-10,15,21H,7-8,11H2,1-4H3. The SMILES string of the molecule is COc1ccc(CNS(=O)(=O)c2c(C)c(-c3nnc(C4CC4)o3)n(C)c2C)cc1. The molecule has 1 aromatic carbocycles. The van der Waals surface area contributed by atoms with Gasteiger partial charge in [0, 0.05) is 30.8 Å². The van der Waals surface area contributed by atoms with Gasteiger partial charge in [-0.3, -0.25) is 0 Å². The Bertz CT molecular complexity index is 1140. The molecule has 0 atom stereocenters. The summed E-state index contributed by atoms with van der Waals surface area (Å²) >= 11 is 0. The van der Waals surface area contributed by atoms with Crippen LogP contribution in [0.15, 0.2) is 33.6 Å². The highest BCUT2D eigenvalue weighted by atomic mass is 32.2. The maximum absolute atomic E-state index is 13.1. The molecule has 1 aliphatic carbocycles. The molecule has 1 N–H and O–H groups in total. The van der Waals surface area contributed by atoms with Crippen molar-refractivity contribution in [3.8, 4) is 17.3 Å². The third-order valence-electron chi connectivity index (χ3n) is 5.33. The molecule has 2 aromatic heterocycles. The van der Waals surface area contributed by atoms with Gasteiger partial charge < -0.3 is 13.7 Å². The van der Waals surface area contributed by atoms with E-state index in [1.807, 2.05) is 12.1 Å². The summed E-state index contributed by atoms with van der Waals surface area (Å²) in [5.41, 5.74) is 2.68. The summed E-state index contributed by atoms with van der Waals surface area (Å²) in [5.74, 6) is 2.04. The van der Waals surface area contributed by atoms with E-state index in [0.29, 0.717) is 34.7 Å². The molecule has 29 heavy (non-hydrogen) atoms. The minimum atomic E-state index is -3.73. The third-order valence-corrected chi connectivity index (χ3v) is 6.99. The van der Waals surface area contributed by atoms with Crippen LogP contribution in [0.4, 0.5) is 0 Å². The number of nitrogens with zero attached hydrogens (tertiary/aromatic N) is 3. The van der Waals surface area contributed by atoms with Crippen LogP contribution >= 0.6 is 0 Å². The van der Waals surface area contributed by atoms with E-state index < -0.39 is 10.0 Å². The molecule has 0 unspecified atom stereocenters. The molecule has 0 amide bonds. The highest BCUT2D eigenvalue weighted by molar-refractivity contribution is 7.89. The molecule has 1 saturated carbocycles. The van der Waals surface area contributed by atoms with Crippen molar-refractivity contribution in [2.24, 2.45) is 7.05 Å². The maximum atomic E-state index is 13.1. The Labute approximate surface area is 170 Å². The van der Waals surface area contributed by atoms with Crippen molar-refractivity contribution < 1.29 is 17.6 Å². The number of nitrogens with one attached hydrogen (secondary N) is 1. The topological polar surface area (TPSA) is 99.2 Å². The molecule has 8 nitrogen and oxygen atoms in total. The predicted octanol–water partition coefficient (Wildman–Crippen LogP) is 3.06. The van der Waals surface area contributed by atoms with E-state index in [9.17, 15) is 8.42 Å². The van der Waals surface area contributed by atoms with Gasteiger partial charge >= 0.3 is 0 Å². The molecule has 1 fully saturated rings. The zero-order valence-corrected chi connectivity index (χ0v) is 17.7. The first-order chi connectivity index (χ1) is 13.8. The second kappa shape index (κ2) is 7.31.